The van der Waals surface area contributed by atoms with Gasteiger partial charge in [-0.2, -0.15) is 0 Å². The van der Waals surface area contributed by atoms with Gasteiger partial charge in [0.1, 0.15) is 5.82 Å². The van der Waals surface area contributed by atoms with Gasteiger partial charge < -0.3 is 9.88 Å². The predicted molar refractivity (Wildman–Crippen MR) is 115 cm³/mol. The first-order valence-electron chi connectivity index (χ1n) is 9.80. The Balaban J connectivity index is 1.62. The minimum Gasteiger partial charge on any atom is -0.349 e. The van der Waals surface area contributed by atoms with Crippen LogP contribution in [0.1, 0.15) is 62.4 Å². The number of hydrogen-bond acceptors (Lipinski definition) is 4. The third-order valence-corrected chi connectivity index (χ3v) is 6.42. The van der Waals surface area contributed by atoms with Crippen LogP contribution in [0.3, 0.4) is 0 Å². The first-order valence-corrected chi connectivity index (χ1v) is 11.2. The van der Waals surface area contributed by atoms with Gasteiger partial charge >= 0.3 is 0 Å². The lowest BCUT2D eigenvalue weighted by molar-refractivity contribution is -0.119. The molecule has 28 heavy (non-hydrogen) atoms. The van der Waals surface area contributed by atoms with Crippen molar-refractivity contribution in [3.63, 3.8) is 0 Å². The van der Waals surface area contributed by atoms with Crippen LogP contribution in [0.2, 0.25) is 5.02 Å². The highest BCUT2D eigenvalue weighted by atomic mass is 35.5. The Morgan fingerprint density at radius 1 is 1.36 bits per heavy atom. The Bertz CT molecular complexity index is 816. The van der Waals surface area contributed by atoms with Crippen molar-refractivity contribution in [1.82, 2.24) is 20.1 Å². The molecule has 5 nitrogen and oxygen atoms in total. The summed E-state index contributed by atoms with van der Waals surface area (Å²) < 4.78 is 2.11. The van der Waals surface area contributed by atoms with Gasteiger partial charge in [0.2, 0.25) is 5.91 Å². The Hall–Kier alpha value is -1.79. The third kappa shape index (κ3) is 5.17. The Kier molecular flexibility index (Phi) is 7.57. The van der Waals surface area contributed by atoms with Crippen LogP contribution in [0.25, 0.3) is 0 Å². The van der Waals surface area contributed by atoms with Crippen LogP contribution < -0.4 is 5.32 Å². The van der Waals surface area contributed by atoms with Crippen LogP contribution in [0.15, 0.2) is 42.1 Å². The van der Waals surface area contributed by atoms with E-state index in [1.165, 1.54) is 31.0 Å². The van der Waals surface area contributed by atoms with Crippen LogP contribution >= 0.6 is 23.4 Å². The second kappa shape index (κ2) is 10.1. The molecule has 2 aromatic rings. The molecule has 1 aliphatic carbocycles. The lowest BCUT2D eigenvalue weighted by Gasteiger charge is -2.21. The largest absolute Gasteiger partial charge is 0.349 e. The van der Waals surface area contributed by atoms with E-state index in [2.05, 4.69) is 26.7 Å². The van der Waals surface area contributed by atoms with E-state index >= 15 is 0 Å². The molecule has 1 aromatic heterocycles. The number of amides is 1. The SMILES string of the molecule is C=CCn1c(SCC(=O)NC(C)c2ccccc2Cl)nnc1C1CCCCC1. The Morgan fingerprint density at radius 2 is 2.11 bits per heavy atom. The van der Waals surface area contributed by atoms with Crippen molar-refractivity contribution in [2.75, 3.05) is 5.75 Å². The second-order valence-corrected chi connectivity index (χ2v) is 8.52. The van der Waals surface area contributed by atoms with Gasteiger partial charge in [0.15, 0.2) is 5.16 Å². The second-order valence-electron chi connectivity index (χ2n) is 7.17. The maximum Gasteiger partial charge on any atom is 0.230 e. The van der Waals surface area contributed by atoms with E-state index in [4.69, 9.17) is 11.6 Å². The summed E-state index contributed by atoms with van der Waals surface area (Å²) in [6.07, 6.45) is 7.98. The van der Waals surface area contributed by atoms with Gasteiger partial charge in [0.25, 0.3) is 0 Å². The molecule has 1 fully saturated rings. The molecule has 1 amide bonds. The molecule has 1 saturated carbocycles. The minimum absolute atomic E-state index is 0.0511. The number of aromatic nitrogens is 3. The van der Waals surface area contributed by atoms with E-state index < -0.39 is 0 Å². The first-order chi connectivity index (χ1) is 13.6. The number of benzene rings is 1. The molecule has 7 heteroatoms. The fourth-order valence-electron chi connectivity index (χ4n) is 3.69. The van der Waals surface area contributed by atoms with Gasteiger partial charge in [-0.1, -0.05) is 66.9 Å². The lowest BCUT2D eigenvalue weighted by atomic mass is 9.89. The van der Waals surface area contributed by atoms with E-state index in [1.807, 2.05) is 37.3 Å². The maximum absolute atomic E-state index is 12.4. The summed E-state index contributed by atoms with van der Waals surface area (Å²) in [5, 5.41) is 13.3. The highest BCUT2D eigenvalue weighted by Crippen LogP contribution is 2.33. The fourth-order valence-corrected chi connectivity index (χ4v) is 4.75. The summed E-state index contributed by atoms with van der Waals surface area (Å²) in [7, 11) is 0. The van der Waals surface area contributed by atoms with E-state index in [1.54, 1.807) is 0 Å². The van der Waals surface area contributed by atoms with E-state index in [9.17, 15) is 4.79 Å². The van der Waals surface area contributed by atoms with Crippen LogP contribution in [-0.2, 0) is 11.3 Å². The van der Waals surface area contributed by atoms with Gasteiger partial charge in [-0.05, 0) is 31.4 Å². The smallest absolute Gasteiger partial charge is 0.230 e. The molecule has 150 valence electrons. The van der Waals surface area contributed by atoms with Crippen molar-refractivity contribution in [2.24, 2.45) is 0 Å². The number of hydrogen-bond donors (Lipinski definition) is 1. The number of carbonyl (C=O) groups is 1. The topological polar surface area (TPSA) is 59.8 Å². The van der Waals surface area contributed by atoms with Crippen LogP contribution in [-0.4, -0.2) is 26.4 Å². The molecule has 1 atom stereocenters. The molecule has 1 heterocycles. The quantitative estimate of drug-likeness (QED) is 0.476. The standard InChI is InChI=1S/C21H27ClN4OS/c1-3-13-26-20(16-9-5-4-6-10-16)24-25-21(26)28-14-19(27)23-15(2)17-11-7-8-12-18(17)22/h3,7-8,11-12,15-16H,1,4-6,9-10,13-14H2,2H3,(H,23,27). The van der Waals surface area contributed by atoms with E-state index in [-0.39, 0.29) is 17.7 Å². The molecule has 3 rings (SSSR count). The summed E-state index contributed by atoms with van der Waals surface area (Å²) in [6, 6.07) is 7.41. The lowest BCUT2D eigenvalue weighted by Crippen LogP contribution is -2.28. The Morgan fingerprint density at radius 3 is 2.82 bits per heavy atom. The number of thioether (sulfide) groups is 1. The first kappa shape index (κ1) is 20.9. The molecule has 0 saturated heterocycles. The average Bonchev–Trinajstić information content (AvgIpc) is 3.10. The predicted octanol–water partition coefficient (Wildman–Crippen LogP) is 5.13. The average molecular weight is 419 g/mol. The summed E-state index contributed by atoms with van der Waals surface area (Å²) >= 11 is 7.64. The molecule has 1 N–H and O–H groups in total. The van der Waals surface area contributed by atoms with Crippen molar-refractivity contribution >= 4 is 29.3 Å². The van der Waals surface area contributed by atoms with Crippen LogP contribution in [0.4, 0.5) is 0 Å². The molecule has 1 unspecified atom stereocenters. The summed E-state index contributed by atoms with van der Waals surface area (Å²) in [4.78, 5) is 12.4. The number of nitrogens with one attached hydrogen (secondary N) is 1. The highest BCUT2D eigenvalue weighted by Gasteiger charge is 2.23. The van der Waals surface area contributed by atoms with Gasteiger partial charge in [0.05, 0.1) is 11.8 Å². The Labute approximate surface area is 176 Å². The van der Waals surface area contributed by atoms with Crippen molar-refractivity contribution in [3.8, 4) is 0 Å². The molecule has 0 bridgehead atoms. The van der Waals surface area contributed by atoms with Crippen LogP contribution in [0, 0.1) is 0 Å². The van der Waals surface area contributed by atoms with E-state index in [0.29, 0.717) is 17.5 Å². The number of halogens is 1. The molecule has 1 aliphatic rings. The van der Waals surface area contributed by atoms with Gasteiger partial charge in [-0.25, -0.2) is 0 Å². The van der Waals surface area contributed by atoms with Crippen LogP contribution in [0.5, 0.6) is 0 Å². The van der Waals surface area contributed by atoms with Gasteiger partial charge in [-0.15, -0.1) is 16.8 Å². The third-order valence-electron chi connectivity index (χ3n) is 5.11. The molecule has 0 aliphatic heterocycles. The fraction of sp³-hybridized carbons (Fsp3) is 0.476. The zero-order valence-corrected chi connectivity index (χ0v) is 17.8. The van der Waals surface area contributed by atoms with Crippen molar-refractivity contribution < 1.29 is 4.79 Å². The summed E-state index contributed by atoms with van der Waals surface area (Å²) in [5.41, 5.74) is 0.914. The van der Waals surface area contributed by atoms with Gasteiger partial charge in [-0.3, -0.25) is 4.79 Å². The zero-order valence-electron chi connectivity index (χ0n) is 16.2. The van der Waals surface area contributed by atoms with Crippen molar-refractivity contribution in [3.05, 3.63) is 53.3 Å². The minimum atomic E-state index is -0.148. The number of rotatable bonds is 8. The van der Waals surface area contributed by atoms with Crippen molar-refractivity contribution in [1.29, 1.82) is 0 Å². The van der Waals surface area contributed by atoms with Gasteiger partial charge in [0, 0.05) is 17.5 Å². The molecular formula is C21H27ClN4OS. The normalized spacial score (nSPS) is 15.9. The zero-order chi connectivity index (χ0) is 19.9. The van der Waals surface area contributed by atoms with E-state index in [0.717, 1.165) is 29.4 Å². The maximum atomic E-state index is 12.4. The number of nitrogens with zero attached hydrogens (tertiary/aromatic N) is 3. The molecule has 1 aromatic carbocycles. The highest BCUT2D eigenvalue weighted by molar-refractivity contribution is 7.99. The van der Waals surface area contributed by atoms with Crippen molar-refractivity contribution in [2.45, 2.75) is 62.7 Å². The summed E-state index contributed by atoms with van der Waals surface area (Å²) in [5.74, 6) is 1.73. The molecular weight excluding hydrogens is 392 g/mol. The summed E-state index contributed by atoms with van der Waals surface area (Å²) in [6.45, 7) is 6.46. The number of allylic oxidation sites excluding steroid dienone is 1. The molecule has 0 radical (unpaired) electrons. The number of carbonyl (C=O) groups excluding carboxylic acids is 1. The monoisotopic (exact) mass is 418 g/mol. The molecule has 0 spiro atoms.